The molecule has 0 saturated heterocycles. The zero-order chi connectivity index (χ0) is 13.9. The molecule has 3 nitrogen and oxygen atoms in total. The van der Waals surface area contributed by atoms with Crippen molar-refractivity contribution in [2.45, 2.75) is 13.0 Å². The third-order valence-corrected chi connectivity index (χ3v) is 3.58. The minimum atomic E-state index is 0.449. The minimum absolute atomic E-state index is 0.449. The largest absolute Gasteiger partial charge is 0.490 e. The summed E-state index contributed by atoms with van der Waals surface area (Å²) in [6.07, 6.45) is 0.902. The molecule has 0 atom stereocenters. The Balaban J connectivity index is 2.04. The molecule has 104 valence electrons. The van der Waals surface area contributed by atoms with Crippen LogP contribution in [0.15, 0.2) is 36.4 Å². The predicted molar refractivity (Wildman–Crippen MR) is 80.4 cm³/mol. The first-order chi connectivity index (χ1) is 9.78. The molecule has 2 aromatic carbocycles. The van der Waals surface area contributed by atoms with Gasteiger partial charge in [0.2, 0.25) is 0 Å². The number of nitrogens with two attached hydrogens (primary N) is 1. The lowest BCUT2D eigenvalue weighted by molar-refractivity contribution is 0.297. The van der Waals surface area contributed by atoms with Crippen molar-refractivity contribution in [1.29, 1.82) is 0 Å². The summed E-state index contributed by atoms with van der Waals surface area (Å²) in [7, 11) is 0. The zero-order valence-corrected chi connectivity index (χ0v) is 11.8. The highest BCUT2D eigenvalue weighted by atomic mass is 35.5. The Morgan fingerprint density at radius 1 is 1.00 bits per heavy atom. The van der Waals surface area contributed by atoms with E-state index in [0.29, 0.717) is 24.8 Å². The van der Waals surface area contributed by atoms with Crippen LogP contribution in [-0.2, 0) is 6.54 Å². The maximum atomic E-state index is 6.02. The number of hydrogen-bond acceptors (Lipinski definition) is 3. The Morgan fingerprint density at radius 3 is 2.60 bits per heavy atom. The molecule has 0 fully saturated rings. The topological polar surface area (TPSA) is 44.5 Å². The van der Waals surface area contributed by atoms with E-state index in [0.717, 1.165) is 34.6 Å². The van der Waals surface area contributed by atoms with Gasteiger partial charge in [-0.2, -0.15) is 0 Å². The van der Waals surface area contributed by atoms with E-state index in [1.165, 1.54) is 0 Å². The van der Waals surface area contributed by atoms with E-state index >= 15 is 0 Å². The Morgan fingerprint density at radius 2 is 1.80 bits per heavy atom. The van der Waals surface area contributed by atoms with Gasteiger partial charge < -0.3 is 15.2 Å². The normalized spacial score (nSPS) is 13.9. The molecular formula is C16H16ClNO2. The number of hydrogen-bond donors (Lipinski definition) is 1. The lowest BCUT2D eigenvalue weighted by Crippen LogP contribution is -1.99. The summed E-state index contributed by atoms with van der Waals surface area (Å²) < 4.78 is 11.4. The number of rotatable bonds is 2. The first-order valence-corrected chi connectivity index (χ1v) is 7.04. The van der Waals surface area contributed by atoms with Crippen molar-refractivity contribution >= 4 is 11.6 Å². The summed E-state index contributed by atoms with van der Waals surface area (Å²) in [6, 6.07) is 11.7. The smallest absolute Gasteiger partial charge is 0.161 e. The number of benzene rings is 2. The van der Waals surface area contributed by atoms with Crippen molar-refractivity contribution in [3.63, 3.8) is 0 Å². The Hall–Kier alpha value is -1.71. The molecule has 2 N–H and O–H groups in total. The van der Waals surface area contributed by atoms with Crippen molar-refractivity contribution in [2.24, 2.45) is 5.73 Å². The molecule has 3 rings (SSSR count). The van der Waals surface area contributed by atoms with E-state index in [-0.39, 0.29) is 0 Å². The van der Waals surface area contributed by atoms with E-state index in [9.17, 15) is 0 Å². The van der Waals surface area contributed by atoms with Crippen molar-refractivity contribution in [2.75, 3.05) is 13.2 Å². The fourth-order valence-corrected chi connectivity index (χ4v) is 2.54. The SMILES string of the molecule is NCc1cc(Cl)ccc1-c1ccc2c(c1)OCCCO2. The Bertz CT molecular complexity index is 628. The standard InChI is InChI=1S/C16H16ClNO2/c17-13-3-4-14(12(8-13)10-18)11-2-5-15-16(9-11)20-7-1-6-19-15/h2-5,8-9H,1,6-7,10,18H2. The third kappa shape index (κ3) is 2.60. The van der Waals surface area contributed by atoms with Gasteiger partial charge in [-0.3, -0.25) is 0 Å². The quantitative estimate of drug-likeness (QED) is 0.918. The molecule has 0 aromatic heterocycles. The molecule has 1 aliphatic heterocycles. The van der Waals surface area contributed by atoms with Crippen molar-refractivity contribution in [3.8, 4) is 22.6 Å². The maximum Gasteiger partial charge on any atom is 0.161 e. The first kappa shape index (κ1) is 13.3. The average Bonchev–Trinajstić information content (AvgIpc) is 2.71. The highest BCUT2D eigenvalue weighted by molar-refractivity contribution is 6.30. The maximum absolute atomic E-state index is 6.02. The van der Waals surface area contributed by atoms with E-state index in [2.05, 4.69) is 0 Å². The lowest BCUT2D eigenvalue weighted by atomic mass is 9.99. The predicted octanol–water partition coefficient (Wildman–Crippen LogP) is 3.63. The first-order valence-electron chi connectivity index (χ1n) is 6.66. The molecule has 0 unspecified atom stereocenters. The molecule has 1 aliphatic rings. The fraction of sp³-hybridized carbons (Fsp3) is 0.250. The van der Waals surface area contributed by atoms with Crippen LogP contribution >= 0.6 is 11.6 Å². The molecule has 0 aliphatic carbocycles. The van der Waals surface area contributed by atoms with Crippen LogP contribution in [0.1, 0.15) is 12.0 Å². The Labute approximate surface area is 123 Å². The number of ether oxygens (including phenoxy) is 2. The van der Waals surface area contributed by atoms with Gasteiger partial charge in [-0.15, -0.1) is 0 Å². The van der Waals surface area contributed by atoms with Gasteiger partial charge in [0.05, 0.1) is 13.2 Å². The molecule has 4 heteroatoms. The van der Waals surface area contributed by atoms with Gasteiger partial charge in [-0.25, -0.2) is 0 Å². The van der Waals surface area contributed by atoms with Crippen LogP contribution in [0.2, 0.25) is 5.02 Å². The van der Waals surface area contributed by atoms with E-state index in [1.54, 1.807) is 0 Å². The number of halogens is 1. The van der Waals surface area contributed by atoms with Crippen LogP contribution < -0.4 is 15.2 Å². The molecule has 0 saturated carbocycles. The molecule has 0 radical (unpaired) electrons. The lowest BCUT2D eigenvalue weighted by Gasteiger charge is -2.12. The second-order valence-electron chi connectivity index (χ2n) is 4.72. The summed E-state index contributed by atoms with van der Waals surface area (Å²) >= 11 is 6.02. The second-order valence-corrected chi connectivity index (χ2v) is 5.15. The van der Waals surface area contributed by atoms with Gasteiger partial charge in [0.15, 0.2) is 11.5 Å². The van der Waals surface area contributed by atoms with Gasteiger partial charge in [-0.1, -0.05) is 23.7 Å². The highest BCUT2D eigenvalue weighted by Crippen LogP contribution is 2.35. The molecule has 0 bridgehead atoms. The van der Waals surface area contributed by atoms with E-state index in [4.69, 9.17) is 26.8 Å². The highest BCUT2D eigenvalue weighted by Gasteiger charge is 2.13. The molecular weight excluding hydrogens is 274 g/mol. The second kappa shape index (κ2) is 5.73. The van der Waals surface area contributed by atoms with Crippen molar-refractivity contribution in [3.05, 3.63) is 47.0 Å². The van der Waals surface area contributed by atoms with Gasteiger partial charge in [0.25, 0.3) is 0 Å². The van der Waals surface area contributed by atoms with Crippen LogP contribution in [0.25, 0.3) is 11.1 Å². The van der Waals surface area contributed by atoms with Crippen molar-refractivity contribution in [1.82, 2.24) is 0 Å². The van der Waals surface area contributed by atoms with E-state index in [1.807, 2.05) is 36.4 Å². The van der Waals surface area contributed by atoms with Crippen LogP contribution in [0.3, 0.4) is 0 Å². The van der Waals surface area contributed by atoms with Gasteiger partial charge in [-0.05, 0) is 41.0 Å². The fourth-order valence-electron chi connectivity index (χ4n) is 2.34. The zero-order valence-electron chi connectivity index (χ0n) is 11.1. The summed E-state index contributed by atoms with van der Waals surface area (Å²) in [4.78, 5) is 0. The van der Waals surface area contributed by atoms with Gasteiger partial charge in [0.1, 0.15) is 0 Å². The third-order valence-electron chi connectivity index (χ3n) is 3.35. The molecule has 1 heterocycles. The molecule has 20 heavy (non-hydrogen) atoms. The minimum Gasteiger partial charge on any atom is -0.490 e. The average molecular weight is 290 g/mol. The van der Waals surface area contributed by atoms with E-state index < -0.39 is 0 Å². The molecule has 0 amide bonds. The summed E-state index contributed by atoms with van der Waals surface area (Å²) in [5.41, 5.74) is 8.96. The number of fused-ring (bicyclic) bond motifs is 1. The van der Waals surface area contributed by atoms with Crippen LogP contribution in [-0.4, -0.2) is 13.2 Å². The summed E-state index contributed by atoms with van der Waals surface area (Å²) in [5.74, 6) is 1.59. The van der Waals surface area contributed by atoms with Crippen LogP contribution in [0, 0.1) is 0 Å². The van der Waals surface area contributed by atoms with Gasteiger partial charge in [0, 0.05) is 18.0 Å². The van der Waals surface area contributed by atoms with Crippen molar-refractivity contribution < 1.29 is 9.47 Å². The molecule has 2 aromatic rings. The molecule has 0 spiro atoms. The van der Waals surface area contributed by atoms with Crippen LogP contribution in [0.5, 0.6) is 11.5 Å². The Kier molecular flexibility index (Phi) is 3.81. The van der Waals surface area contributed by atoms with Gasteiger partial charge >= 0.3 is 0 Å². The van der Waals surface area contributed by atoms with Crippen LogP contribution in [0.4, 0.5) is 0 Å². The summed E-state index contributed by atoms with van der Waals surface area (Å²) in [5, 5.41) is 0.698. The summed E-state index contributed by atoms with van der Waals surface area (Å²) in [6.45, 7) is 1.83. The monoisotopic (exact) mass is 289 g/mol.